The van der Waals surface area contributed by atoms with Crippen LogP contribution < -0.4 is 19.7 Å². The third-order valence-electron chi connectivity index (χ3n) is 3.85. The fourth-order valence-electron chi connectivity index (χ4n) is 2.49. The zero-order valence-corrected chi connectivity index (χ0v) is 17.8. The van der Waals surface area contributed by atoms with Crippen LogP contribution in [0.3, 0.4) is 0 Å². The molecule has 0 heterocycles. The molecule has 0 fully saturated rings. The van der Waals surface area contributed by atoms with Crippen molar-refractivity contribution in [2.24, 2.45) is 0 Å². The first kappa shape index (κ1) is 21.3. The number of ether oxygens (including phenoxy) is 2. The van der Waals surface area contributed by atoms with Gasteiger partial charge in [-0.15, -0.1) is 0 Å². The van der Waals surface area contributed by atoms with Crippen LogP contribution in [0.25, 0.3) is 6.08 Å². The number of carbonyl (C=O) groups excluding carboxylic acids is 1. The average molecular weight is 444 g/mol. The highest BCUT2D eigenvalue weighted by Crippen LogP contribution is 2.37. The summed E-state index contributed by atoms with van der Waals surface area (Å²) in [7, 11) is 5.43. The molecule has 28 heavy (non-hydrogen) atoms. The van der Waals surface area contributed by atoms with Crippen LogP contribution in [-0.2, 0) is 4.79 Å². The summed E-state index contributed by atoms with van der Waals surface area (Å²) in [4.78, 5) is 14.5. The number of anilines is 2. The summed E-state index contributed by atoms with van der Waals surface area (Å²) >= 11 is 3.43. The van der Waals surface area contributed by atoms with Crippen LogP contribution in [0.4, 0.5) is 11.4 Å². The Bertz CT molecular complexity index is 916. The van der Waals surface area contributed by atoms with Gasteiger partial charge in [0.05, 0.1) is 18.2 Å². The van der Waals surface area contributed by atoms with Crippen LogP contribution in [0.5, 0.6) is 11.5 Å². The molecule has 146 valence electrons. The Morgan fingerprint density at radius 3 is 2.50 bits per heavy atom. The maximum Gasteiger partial charge on any atom is 0.266 e. The third kappa shape index (κ3) is 5.27. The highest BCUT2D eigenvalue weighted by molar-refractivity contribution is 9.10. The smallest absolute Gasteiger partial charge is 0.266 e. The number of nitrogens with one attached hydrogen (secondary N) is 1. The normalized spacial score (nSPS) is 10.8. The van der Waals surface area contributed by atoms with Gasteiger partial charge in [-0.1, -0.05) is 0 Å². The van der Waals surface area contributed by atoms with Gasteiger partial charge < -0.3 is 19.7 Å². The van der Waals surface area contributed by atoms with Crippen LogP contribution in [0.2, 0.25) is 0 Å². The molecule has 0 spiro atoms. The Morgan fingerprint density at radius 1 is 1.29 bits per heavy atom. The Kier molecular flexibility index (Phi) is 7.47. The molecule has 7 heteroatoms. The highest BCUT2D eigenvalue weighted by Gasteiger charge is 2.14. The van der Waals surface area contributed by atoms with Crippen molar-refractivity contribution in [3.05, 3.63) is 52.0 Å². The molecule has 0 saturated heterocycles. The zero-order chi connectivity index (χ0) is 20.7. The lowest BCUT2D eigenvalue weighted by Crippen LogP contribution is -2.14. The standard InChI is InChI=1S/C21H22BrN3O3/c1-5-28-19-12-14(11-18(22)20(19)27-4)10-15(13-23)21(26)24-16-6-8-17(9-7-16)25(2)3/h6-12H,5H2,1-4H3,(H,24,26)/b15-10-. The summed E-state index contributed by atoms with van der Waals surface area (Å²) in [6.45, 7) is 2.33. The van der Waals surface area contributed by atoms with Crippen LogP contribution in [-0.4, -0.2) is 33.7 Å². The van der Waals surface area contributed by atoms with E-state index in [0.717, 1.165) is 5.69 Å². The highest BCUT2D eigenvalue weighted by atomic mass is 79.9. The second-order valence-electron chi connectivity index (χ2n) is 6.03. The summed E-state index contributed by atoms with van der Waals surface area (Å²) in [5, 5.41) is 12.2. The number of nitriles is 1. The van der Waals surface area contributed by atoms with Crippen LogP contribution in [0, 0.1) is 11.3 Å². The molecule has 0 aromatic heterocycles. The number of amides is 1. The van der Waals surface area contributed by atoms with E-state index < -0.39 is 5.91 Å². The van der Waals surface area contributed by atoms with Gasteiger partial charge in [0.1, 0.15) is 11.6 Å². The maximum atomic E-state index is 12.5. The summed E-state index contributed by atoms with van der Waals surface area (Å²) in [6.07, 6.45) is 1.51. The van der Waals surface area contributed by atoms with Crippen molar-refractivity contribution in [2.75, 3.05) is 38.0 Å². The second-order valence-corrected chi connectivity index (χ2v) is 6.89. The number of carbonyl (C=O) groups is 1. The Labute approximate surface area is 173 Å². The van der Waals surface area contributed by atoms with Gasteiger partial charge in [0, 0.05) is 25.5 Å². The van der Waals surface area contributed by atoms with Gasteiger partial charge in [0.2, 0.25) is 0 Å². The van der Waals surface area contributed by atoms with Crippen molar-refractivity contribution >= 4 is 39.3 Å². The minimum Gasteiger partial charge on any atom is -0.492 e. The lowest BCUT2D eigenvalue weighted by atomic mass is 10.1. The van der Waals surface area contributed by atoms with Gasteiger partial charge in [-0.05, 0) is 70.9 Å². The van der Waals surface area contributed by atoms with Crippen LogP contribution >= 0.6 is 15.9 Å². The molecule has 0 bridgehead atoms. The van der Waals surface area contributed by atoms with Crippen LogP contribution in [0.1, 0.15) is 12.5 Å². The lowest BCUT2D eigenvalue weighted by Gasteiger charge is -2.13. The van der Waals surface area contributed by atoms with E-state index in [4.69, 9.17) is 9.47 Å². The average Bonchev–Trinajstić information content (AvgIpc) is 2.66. The summed E-state index contributed by atoms with van der Waals surface area (Å²) in [6, 6.07) is 12.8. The number of nitrogens with zero attached hydrogens (tertiary/aromatic N) is 2. The second kappa shape index (κ2) is 9.81. The quantitative estimate of drug-likeness (QED) is 0.504. The molecule has 1 N–H and O–H groups in total. The molecule has 0 saturated carbocycles. The molecule has 0 aliphatic carbocycles. The Hall–Kier alpha value is -2.98. The summed E-state index contributed by atoms with van der Waals surface area (Å²) < 4.78 is 11.6. The van der Waals surface area contributed by atoms with Crippen molar-refractivity contribution in [3.8, 4) is 17.6 Å². The molecule has 0 aliphatic heterocycles. The summed E-state index contributed by atoms with van der Waals surface area (Å²) in [5.74, 6) is 0.607. The van der Waals surface area contributed by atoms with Crippen molar-refractivity contribution in [1.82, 2.24) is 0 Å². The van der Waals surface area contributed by atoms with Crippen molar-refractivity contribution in [3.63, 3.8) is 0 Å². The van der Waals surface area contributed by atoms with E-state index in [0.29, 0.717) is 33.8 Å². The lowest BCUT2D eigenvalue weighted by molar-refractivity contribution is -0.112. The number of benzene rings is 2. The van der Waals surface area contributed by atoms with Gasteiger partial charge in [-0.25, -0.2) is 0 Å². The van der Waals surface area contributed by atoms with Gasteiger partial charge >= 0.3 is 0 Å². The third-order valence-corrected chi connectivity index (χ3v) is 4.44. The van der Waals surface area contributed by atoms with E-state index in [1.165, 1.54) is 6.08 Å². The van der Waals surface area contributed by atoms with Gasteiger partial charge in [-0.3, -0.25) is 4.79 Å². The molecule has 6 nitrogen and oxygen atoms in total. The van der Waals surface area contributed by atoms with Crippen molar-refractivity contribution in [1.29, 1.82) is 5.26 Å². The van der Waals surface area contributed by atoms with Gasteiger partial charge in [0.15, 0.2) is 11.5 Å². The molecule has 0 unspecified atom stereocenters. The predicted molar refractivity (Wildman–Crippen MR) is 115 cm³/mol. The first-order valence-electron chi connectivity index (χ1n) is 8.60. The Morgan fingerprint density at radius 2 is 1.96 bits per heavy atom. The fourth-order valence-corrected chi connectivity index (χ4v) is 3.11. The molecule has 0 radical (unpaired) electrons. The topological polar surface area (TPSA) is 74.6 Å². The van der Waals surface area contributed by atoms with E-state index in [9.17, 15) is 10.1 Å². The predicted octanol–water partition coefficient (Wildman–Crippen LogP) is 4.47. The van der Waals surface area contributed by atoms with E-state index in [1.807, 2.05) is 44.1 Å². The van der Waals surface area contributed by atoms with E-state index >= 15 is 0 Å². The first-order valence-corrected chi connectivity index (χ1v) is 9.39. The van der Waals surface area contributed by atoms with E-state index in [1.54, 1.807) is 31.4 Å². The Balaban J connectivity index is 2.27. The fraction of sp³-hybridized carbons (Fsp3) is 0.238. The van der Waals surface area contributed by atoms with E-state index in [-0.39, 0.29) is 5.57 Å². The van der Waals surface area contributed by atoms with Crippen molar-refractivity contribution < 1.29 is 14.3 Å². The molecule has 2 rings (SSSR count). The van der Waals surface area contributed by atoms with E-state index in [2.05, 4.69) is 21.2 Å². The molecule has 0 atom stereocenters. The number of rotatable bonds is 7. The molecule has 1 amide bonds. The molecular weight excluding hydrogens is 422 g/mol. The maximum absolute atomic E-state index is 12.5. The molecular formula is C21H22BrN3O3. The number of halogens is 1. The van der Waals surface area contributed by atoms with Gasteiger partial charge in [0.25, 0.3) is 5.91 Å². The summed E-state index contributed by atoms with van der Waals surface area (Å²) in [5.41, 5.74) is 2.25. The minimum atomic E-state index is -0.481. The minimum absolute atomic E-state index is 0.0174. The molecule has 2 aromatic carbocycles. The SMILES string of the molecule is CCOc1cc(/C=C(/C#N)C(=O)Nc2ccc(N(C)C)cc2)cc(Br)c1OC. The monoisotopic (exact) mass is 443 g/mol. The zero-order valence-electron chi connectivity index (χ0n) is 16.2. The van der Waals surface area contributed by atoms with Gasteiger partial charge in [-0.2, -0.15) is 5.26 Å². The van der Waals surface area contributed by atoms with Crippen LogP contribution in [0.15, 0.2) is 46.4 Å². The molecule has 2 aromatic rings. The first-order chi connectivity index (χ1) is 13.4. The largest absolute Gasteiger partial charge is 0.492 e. The number of hydrogen-bond donors (Lipinski definition) is 1. The number of hydrogen-bond acceptors (Lipinski definition) is 5. The number of methoxy groups -OCH3 is 1. The molecule has 0 aliphatic rings. The van der Waals surface area contributed by atoms with Crippen molar-refractivity contribution in [2.45, 2.75) is 6.92 Å².